The standard InChI is InChI=1S/C10H8BrN3S/c11-9-3-1-8(2-4-9)7-13-14-10-12-5-6-15-10/h1-7H,(H,12,14)/b13-7+. The number of nitrogens with zero attached hydrogens (tertiary/aromatic N) is 2. The average Bonchev–Trinajstić information content (AvgIpc) is 2.74. The van der Waals surface area contributed by atoms with E-state index in [1.54, 1.807) is 12.4 Å². The maximum Gasteiger partial charge on any atom is 0.203 e. The van der Waals surface area contributed by atoms with Gasteiger partial charge in [-0.25, -0.2) is 4.98 Å². The van der Waals surface area contributed by atoms with Crippen LogP contribution in [0.3, 0.4) is 0 Å². The van der Waals surface area contributed by atoms with Gasteiger partial charge >= 0.3 is 0 Å². The first-order valence-electron chi connectivity index (χ1n) is 4.29. The molecule has 0 aliphatic carbocycles. The molecule has 5 heteroatoms. The summed E-state index contributed by atoms with van der Waals surface area (Å²) < 4.78 is 1.06. The van der Waals surface area contributed by atoms with E-state index in [0.717, 1.165) is 15.2 Å². The third-order valence-corrected chi connectivity index (χ3v) is 2.88. The van der Waals surface area contributed by atoms with Gasteiger partial charge in [0.1, 0.15) is 0 Å². The summed E-state index contributed by atoms with van der Waals surface area (Å²) >= 11 is 4.89. The molecule has 0 atom stereocenters. The molecular weight excluding hydrogens is 274 g/mol. The van der Waals surface area contributed by atoms with Crippen molar-refractivity contribution in [2.24, 2.45) is 5.10 Å². The number of benzene rings is 1. The SMILES string of the molecule is Brc1ccc(/C=N/Nc2nccs2)cc1. The number of rotatable bonds is 3. The molecule has 0 saturated carbocycles. The third-order valence-electron chi connectivity index (χ3n) is 1.68. The molecule has 15 heavy (non-hydrogen) atoms. The van der Waals surface area contributed by atoms with Crippen LogP contribution in [0.25, 0.3) is 0 Å². The van der Waals surface area contributed by atoms with Crippen LogP contribution >= 0.6 is 27.3 Å². The third kappa shape index (κ3) is 3.14. The van der Waals surface area contributed by atoms with Crippen molar-refractivity contribution in [2.75, 3.05) is 5.43 Å². The van der Waals surface area contributed by atoms with Gasteiger partial charge in [-0.2, -0.15) is 5.10 Å². The lowest BCUT2D eigenvalue weighted by molar-refractivity contribution is 1.29. The van der Waals surface area contributed by atoms with E-state index >= 15 is 0 Å². The molecule has 2 aromatic rings. The number of hydrogen-bond donors (Lipinski definition) is 1. The quantitative estimate of drug-likeness (QED) is 0.692. The average molecular weight is 282 g/mol. The molecule has 76 valence electrons. The molecular formula is C10H8BrN3S. The highest BCUT2D eigenvalue weighted by Crippen LogP contribution is 2.11. The molecule has 0 unspecified atom stereocenters. The van der Waals surface area contributed by atoms with Crippen LogP contribution < -0.4 is 5.43 Å². The molecule has 1 aromatic heterocycles. The summed E-state index contributed by atoms with van der Waals surface area (Å²) in [6.45, 7) is 0. The van der Waals surface area contributed by atoms with Crippen LogP contribution in [-0.4, -0.2) is 11.2 Å². The number of hydrogen-bond acceptors (Lipinski definition) is 4. The molecule has 0 spiro atoms. The molecule has 0 bridgehead atoms. The van der Waals surface area contributed by atoms with Gasteiger partial charge in [0.25, 0.3) is 0 Å². The number of halogens is 1. The van der Waals surface area contributed by atoms with Gasteiger partial charge in [-0.1, -0.05) is 28.1 Å². The normalized spacial score (nSPS) is 10.7. The smallest absolute Gasteiger partial charge is 0.203 e. The molecule has 1 heterocycles. The van der Waals surface area contributed by atoms with Crippen LogP contribution in [0.5, 0.6) is 0 Å². The van der Waals surface area contributed by atoms with Gasteiger partial charge in [0.05, 0.1) is 6.21 Å². The Morgan fingerprint density at radius 1 is 1.33 bits per heavy atom. The second-order valence-corrected chi connectivity index (χ2v) is 4.57. The van der Waals surface area contributed by atoms with Crippen molar-refractivity contribution in [1.29, 1.82) is 0 Å². The van der Waals surface area contributed by atoms with E-state index in [1.165, 1.54) is 11.3 Å². The topological polar surface area (TPSA) is 37.3 Å². The van der Waals surface area contributed by atoms with Gasteiger partial charge in [-0.3, -0.25) is 5.43 Å². The predicted octanol–water partition coefficient (Wildman–Crippen LogP) is 3.35. The van der Waals surface area contributed by atoms with E-state index in [9.17, 15) is 0 Å². The van der Waals surface area contributed by atoms with Crippen molar-refractivity contribution in [1.82, 2.24) is 4.98 Å². The Labute approximate surface area is 100.0 Å². The maximum absolute atomic E-state index is 4.07. The molecule has 0 aliphatic heterocycles. The Kier molecular flexibility index (Phi) is 3.47. The predicted molar refractivity (Wildman–Crippen MR) is 67.5 cm³/mol. The second-order valence-electron chi connectivity index (χ2n) is 2.76. The minimum Gasteiger partial charge on any atom is -0.253 e. The monoisotopic (exact) mass is 281 g/mol. The molecule has 0 radical (unpaired) electrons. The van der Waals surface area contributed by atoms with Crippen molar-refractivity contribution in [2.45, 2.75) is 0 Å². The summed E-state index contributed by atoms with van der Waals surface area (Å²) in [7, 11) is 0. The molecule has 3 nitrogen and oxygen atoms in total. The first-order valence-corrected chi connectivity index (χ1v) is 5.96. The summed E-state index contributed by atoms with van der Waals surface area (Å²) in [6.07, 6.45) is 3.50. The first-order chi connectivity index (χ1) is 7.34. The van der Waals surface area contributed by atoms with Crippen LogP contribution in [-0.2, 0) is 0 Å². The molecule has 1 aromatic carbocycles. The lowest BCUT2D eigenvalue weighted by atomic mass is 10.2. The van der Waals surface area contributed by atoms with Crippen molar-refractivity contribution in [3.63, 3.8) is 0 Å². The Bertz CT molecular complexity index is 436. The van der Waals surface area contributed by atoms with Crippen LogP contribution in [0, 0.1) is 0 Å². The highest BCUT2D eigenvalue weighted by Gasteiger charge is 1.90. The first kappa shape index (κ1) is 10.3. The molecule has 1 N–H and O–H groups in total. The largest absolute Gasteiger partial charge is 0.253 e. The second kappa shape index (κ2) is 5.04. The van der Waals surface area contributed by atoms with Crippen molar-refractivity contribution >= 4 is 38.6 Å². The van der Waals surface area contributed by atoms with E-state index < -0.39 is 0 Å². The van der Waals surface area contributed by atoms with E-state index in [1.807, 2.05) is 29.6 Å². The van der Waals surface area contributed by atoms with Crippen LogP contribution in [0.15, 0.2) is 45.4 Å². The lowest BCUT2D eigenvalue weighted by Crippen LogP contribution is -1.89. The van der Waals surface area contributed by atoms with Crippen LogP contribution in [0.4, 0.5) is 5.13 Å². The Morgan fingerprint density at radius 2 is 2.13 bits per heavy atom. The number of aromatic nitrogens is 1. The molecule has 0 fully saturated rings. The fourth-order valence-corrected chi connectivity index (χ4v) is 1.73. The zero-order valence-electron chi connectivity index (χ0n) is 7.72. The lowest BCUT2D eigenvalue weighted by Gasteiger charge is -1.94. The summed E-state index contributed by atoms with van der Waals surface area (Å²) in [4.78, 5) is 4.05. The van der Waals surface area contributed by atoms with Gasteiger partial charge in [0.2, 0.25) is 5.13 Å². The van der Waals surface area contributed by atoms with Gasteiger partial charge in [0, 0.05) is 16.0 Å². The molecule has 0 aliphatic rings. The number of nitrogens with one attached hydrogen (secondary N) is 1. The van der Waals surface area contributed by atoms with Crippen LogP contribution in [0.2, 0.25) is 0 Å². The van der Waals surface area contributed by atoms with Crippen molar-refractivity contribution in [3.8, 4) is 0 Å². The fraction of sp³-hybridized carbons (Fsp3) is 0. The van der Waals surface area contributed by atoms with E-state index in [-0.39, 0.29) is 0 Å². The summed E-state index contributed by atoms with van der Waals surface area (Å²) in [5.41, 5.74) is 3.90. The zero-order chi connectivity index (χ0) is 10.5. The zero-order valence-corrected chi connectivity index (χ0v) is 10.1. The highest BCUT2D eigenvalue weighted by molar-refractivity contribution is 9.10. The summed E-state index contributed by atoms with van der Waals surface area (Å²) in [5.74, 6) is 0. The molecule has 2 rings (SSSR count). The van der Waals surface area contributed by atoms with Gasteiger partial charge in [-0.05, 0) is 17.7 Å². The van der Waals surface area contributed by atoms with E-state index in [2.05, 4.69) is 31.4 Å². The van der Waals surface area contributed by atoms with Crippen molar-refractivity contribution < 1.29 is 0 Å². The minimum atomic E-state index is 0.795. The van der Waals surface area contributed by atoms with Gasteiger partial charge < -0.3 is 0 Å². The Morgan fingerprint density at radius 3 is 2.80 bits per heavy atom. The van der Waals surface area contributed by atoms with E-state index in [0.29, 0.717) is 0 Å². The minimum absolute atomic E-state index is 0.795. The summed E-state index contributed by atoms with van der Waals surface area (Å²) in [6, 6.07) is 7.92. The fourth-order valence-electron chi connectivity index (χ4n) is 0.990. The van der Waals surface area contributed by atoms with Crippen molar-refractivity contribution in [3.05, 3.63) is 45.9 Å². The van der Waals surface area contributed by atoms with Crippen LogP contribution in [0.1, 0.15) is 5.56 Å². The highest BCUT2D eigenvalue weighted by atomic mass is 79.9. The van der Waals surface area contributed by atoms with Gasteiger partial charge in [0.15, 0.2) is 0 Å². The van der Waals surface area contributed by atoms with Gasteiger partial charge in [-0.15, -0.1) is 11.3 Å². The molecule has 0 saturated heterocycles. The number of anilines is 1. The van der Waals surface area contributed by atoms with E-state index in [4.69, 9.17) is 0 Å². The molecule has 0 amide bonds. The Hall–Kier alpha value is -1.20. The number of hydrazone groups is 1. The maximum atomic E-state index is 4.07. The Balaban J connectivity index is 1.97. The summed E-state index contributed by atoms with van der Waals surface area (Å²) in [5, 5.41) is 6.77. The number of thiazole rings is 1.